The van der Waals surface area contributed by atoms with Crippen LogP contribution in [-0.4, -0.2) is 81.4 Å². The highest BCUT2D eigenvalue weighted by Crippen LogP contribution is 2.67. The summed E-state index contributed by atoms with van der Waals surface area (Å²) in [6.07, 6.45) is -0.0578. The zero-order valence-corrected chi connectivity index (χ0v) is 20.4. The molecule has 2 bridgehead atoms. The normalized spacial score (nSPS) is 48.5. The molecule has 3 fully saturated rings. The van der Waals surface area contributed by atoms with Crippen LogP contribution in [0.2, 0.25) is 0 Å². The molecule has 7 rings (SSSR count). The minimum Gasteiger partial charge on any atom is -0.472 e. The molecule has 200 valence electrons. The summed E-state index contributed by atoms with van der Waals surface area (Å²) in [4.78, 5) is 26.6. The summed E-state index contributed by atoms with van der Waals surface area (Å²) in [7, 11) is 0. The fourth-order valence-electron chi connectivity index (χ4n) is 7.19. The first-order valence-corrected chi connectivity index (χ1v) is 12.4. The average molecular weight is 519 g/mol. The maximum Gasteiger partial charge on any atom is 0.343 e. The number of allylic oxidation sites excluding steroid dienone is 1. The Morgan fingerprint density at radius 2 is 1.89 bits per heavy atom. The van der Waals surface area contributed by atoms with Gasteiger partial charge in [0.05, 0.1) is 19.1 Å². The molecule has 11 atom stereocenters. The van der Waals surface area contributed by atoms with E-state index in [2.05, 4.69) is 0 Å². The maximum atomic E-state index is 13.5. The van der Waals surface area contributed by atoms with Crippen LogP contribution >= 0.6 is 0 Å². The van der Waals surface area contributed by atoms with Crippen LogP contribution in [0.3, 0.4) is 0 Å². The van der Waals surface area contributed by atoms with Crippen molar-refractivity contribution in [2.75, 3.05) is 6.61 Å². The third kappa shape index (κ3) is 3.22. The minimum atomic E-state index is -1.74. The molecule has 5 heterocycles. The number of carbonyl (C=O) groups excluding carboxylic acids is 2. The average Bonchev–Trinajstić information content (AvgIpc) is 3.40. The second kappa shape index (κ2) is 8.23. The number of fused-ring (bicyclic) bond motifs is 2. The largest absolute Gasteiger partial charge is 0.472 e. The third-order valence-electron chi connectivity index (χ3n) is 9.11. The molecule has 0 aromatic carbocycles. The lowest BCUT2D eigenvalue weighted by molar-refractivity contribution is -0.344. The third-order valence-corrected chi connectivity index (χ3v) is 9.11. The van der Waals surface area contributed by atoms with Gasteiger partial charge in [0.25, 0.3) is 0 Å². The van der Waals surface area contributed by atoms with Crippen molar-refractivity contribution in [3.8, 4) is 0 Å². The first kappa shape index (κ1) is 24.8. The fraction of sp³-hybridized carbons (Fsp3) is 0.615. The van der Waals surface area contributed by atoms with Gasteiger partial charge in [-0.05, 0) is 31.1 Å². The van der Waals surface area contributed by atoms with Crippen molar-refractivity contribution in [2.24, 2.45) is 16.7 Å². The molecule has 0 saturated carbocycles. The topological polar surface area (TPSA) is 165 Å². The van der Waals surface area contributed by atoms with Crippen LogP contribution in [0, 0.1) is 16.7 Å². The highest BCUT2D eigenvalue weighted by atomic mass is 16.7. The summed E-state index contributed by atoms with van der Waals surface area (Å²) in [5.74, 6) is -1.53. The van der Waals surface area contributed by atoms with Crippen LogP contribution in [0.5, 0.6) is 0 Å². The number of ether oxygens (including phenoxy) is 4. The Kier molecular flexibility index (Phi) is 5.51. The molecule has 37 heavy (non-hydrogen) atoms. The number of cyclic esters (lactones) is 1. The molecule has 4 N–H and O–H groups in total. The zero-order chi connectivity index (χ0) is 26.3. The summed E-state index contributed by atoms with van der Waals surface area (Å²) in [5.41, 5.74) is -2.23. The quantitative estimate of drug-likeness (QED) is 0.319. The lowest BCUT2D eigenvalue weighted by atomic mass is 9.45. The van der Waals surface area contributed by atoms with Crippen LogP contribution in [0.25, 0.3) is 0 Å². The summed E-state index contributed by atoms with van der Waals surface area (Å²) in [6.45, 7) is 3.20. The molecular formula is C26H30O11. The van der Waals surface area contributed by atoms with Crippen LogP contribution in [0.1, 0.15) is 38.4 Å². The van der Waals surface area contributed by atoms with Crippen molar-refractivity contribution in [1.29, 1.82) is 0 Å². The SMILES string of the molecule is C[C@]12C[C@H](c3ccoc3)OC(=O)C1=CC[C@]1(C)[C@H]2[C@H]2C=C[C@]1(O[C@@H]1O[C@H](CO)[C@@H](O)[C@H](O)[C@H]1O)C(=O)O2. The van der Waals surface area contributed by atoms with E-state index in [1.54, 1.807) is 24.3 Å². The van der Waals surface area contributed by atoms with Crippen molar-refractivity contribution in [3.63, 3.8) is 0 Å². The van der Waals surface area contributed by atoms with Crippen molar-refractivity contribution in [1.82, 2.24) is 0 Å². The monoisotopic (exact) mass is 518 g/mol. The van der Waals surface area contributed by atoms with Crippen LogP contribution in [0.15, 0.2) is 46.8 Å². The van der Waals surface area contributed by atoms with Crippen LogP contribution in [0.4, 0.5) is 0 Å². The van der Waals surface area contributed by atoms with E-state index in [0.29, 0.717) is 12.0 Å². The second-order valence-corrected chi connectivity index (χ2v) is 11.1. The van der Waals surface area contributed by atoms with Crippen molar-refractivity contribution >= 4 is 11.9 Å². The molecule has 6 aliphatic rings. The number of aliphatic hydroxyl groups is 4. The zero-order valence-electron chi connectivity index (χ0n) is 20.4. The smallest absolute Gasteiger partial charge is 0.343 e. The predicted molar refractivity (Wildman–Crippen MR) is 121 cm³/mol. The summed E-state index contributed by atoms with van der Waals surface area (Å²) >= 11 is 0. The van der Waals surface area contributed by atoms with E-state index in [0.717, 1.165) is 5.56 Å². The van der Waals surface area contributed by atoms with Gasteiger partial charge in [-0.1, -0.05) is 19.9 Å². The van der Waals surface area contributed by atoms with Gasteiger partial charge in [-0.25, -0.2) is 9.59 Å². The molecule has 4 aliphatic heterocycles. The second-order valence-electron chi connectivity index (χ2n) is 11.1. The standard InChI is InChI=1S/C26H30O11/c1-24-9-15(12-5-8-33-11-12)34-21(31)13(24)3-6-25(2)20(24)14-4-7-26(25,23(32)36-14)37-22-19(30)18(29)17(28)16(10-27)35-22/h3-5,7-8,11,14-20,22,27-30H,6,9-10H2,1-2H3/t14-,15-,16-,17-,18+,19-,20+,22+,24+,25-,26+/m1/s1. The Labute approximate surface area is 212 Å². The summed E-state index contributed by atoms with van der Waals surface area (Å²) < 4.78 is 28.6. The molecule has 0 unspecified atom stereocenters. The van der Waals surface area contributed by atoms with Gasteiger partial charge in [-0.2, -0.15) is 0 Å². The Balaban J connectivity index is 1.40. The fourth-order valence-corrected chi connectivity index (χ4v) is 7.19. The van der Waals surface area contributed by atoms with Gasteiger partial charge in [0.15, 0.2) is 11.9 Å². The lowest BCUT2D eigenvalue weighted by Gasteiger charge is -2.64. The Morgan fingerprint density at radius 1 is 1.11 bits per heavy atom. The van der Waals surface area contributed by atoms with E-state index in [-0.39, 0.29) is 6.42 Å². The van der Waals surface area contributed by atoms with E-state index >= 15 is 0 Å². The number of aliphatic hydroxyl groups excluding tert-OH is 4. The van der Waals surface area contributed by atoms with E-state index in [1.165, 1.54) is 12.5 Å². The number of rotatable bonds is 4. The maximum absolute atomic E-state index is 13.5. The van der Waals surface area contributed by atoms with E-state index in [9.17, 15) is 30.0 Å². The molecule has 11 heteroatoms. The molecule has 1 aromatic heterocycles. The van der Waals surface area contributed by atoms with Gasteiger partial charge in [-0.15, -0.1) is 0 Å². The van der Waals surface area contributed by atoms with Crippen molar-refractivity contribution in [3.05, 3.63) is 48.0 Å². The number of hydrogen-bond acceptors (Lipinski definition) is 11. The van der Waals surface area contributed by atoms with Crippen molar-refractivity contribution < 1.29 is 53.4 Å². The number of carbonyl (C=O) groups is 2. The number of esters is 2. The minimum absolute atomic E-state index is 0.265. The Morgan fingerprint density at radius 3 is 2.57 bits per heavy atom. The van der Waals surface area contributed by atoms with Gasteiger partial charge in [0.2, 0.25) is 0 Å². The highest BCUT2D eigenvalue weighted by Gasteiger charge is 2.73. The molecule has 0 spiro atoms. The predicted octanol–water partition coefficient (Wildman–Crippen LogP) is 0.277. The molecule has 1 aromatic rings. The van der Waals surface area contributed by atoms with Gasteiger partial charge < -0.3 is 43.8 Å². The number of hydrogen-bond donors (Lipinski definition) is 4. The Hall–Kier alpha value is -2.54. The molecule has 3 saturated heterocycles. The summed E-state index contributed by atoms with van der Waals surface area (Å²) in [6, 6.07) is 1.74. The van der Waals surface area contributed by atoms with Crippen LogP contribution < -0.4 is 0 Å². The molecule has 11 nitrogen and oxygen atoms in total. The van der Waals surface area contributed by atoms with E-state index < -0.39 is 83.8 Å². The van der Waals surface area contributed by atoms with E-state index in [1.807, 2.05) is 13.8 Å². The molecule has 0 radical (unpaired) electrons. The molecular weight excluding hydrogens is 488 g/mol. The first-order chi connectivity index (χ1) is 17.6. The summed E-state index contributed by atoms with van der Waals surface area (Å²) in [5, 5.41) is 40.7. The molecule has 0 amide bonds. The first-order valence-electron chi connectivity index (χ1n) is 12.4. The van der Waals surface area contributed by atoms with Crippen molar-refractivity contribution in [2.45, 2.75) is 75.2 Å². The Bertz CT molecular complexity index is 1160. The highest BCUT2D eigenvalue weighted by molar-refractivity contribution is 5.93. The van der Waals surface area contributed by atoms with E-state index in [4.69, 9.17) is 23.4 Å². The number of furan rings is 1. The van der Waals surface area contributed by atoms with Gasteiger partial charge in [0, 0.05) is 27.9 Å². The lowest BCUT2D eigenvalue weighted by Crippen LogP contribution is -2.73. The molecule has 2 aliphatic carbocycles. The van der Waals surface area contributed by atoms with Crippen LogP contribution in [-0.2, 0) is 28.5 Å². The van der Waals surface area contributed by atoms with Gasteiger partial charge in [0.1, 0.15) is 36.6 Å². The van der Waals surface area contributed by atoms with Gasteiger partial charge in [-0.3, -0.25) is 0 Å². The van der Waals surface area contributed by atoms with Gasteiger partial charge >= 0.3 is 11.9 Å².